The molecule has 7 heteroatoms. The molecule has 1 unspecified atom stereocenters. The lowest BCUT2D eigenvalue weighted by molar-refractivity contribution is 0.0218. The van der Waals surface area contributed by atoms with E-state index in [0.29, 0.717) is 17.7 Å². The molecule has 0 N–H and O–H groups in total. The predicted octanol–water partition coefficient (Wildman–Crippen LogP) is 2.68. The number of hydrogen-bond acceptors (Lipinski definition) is 5. The van der Waals surface area contributed by atoms with Crippen LogP contribution in [0.5, 0.6) is 0 Å². The van der Waals surface area contributed by atoms with Crippen molar-refractivity contribution in [2.45, 2.75) is 39.3 Å². The molecule has 1 amide bonds. The summed E-state index contributed by atoms with van der Waals surface area (Å²) >= 11 is 3.28. The highest BCUT2D eigenvalue weighted by Crippen LogP contribution is 2.20. The number of carbonyl (C=O) groups excluding carboxylic acids is 1. The second-order valence-corrected chi connectivity index (χ2v) is 6.98. The number of piperazine rings is 1. The third-order valence-electron chi connectivity index (χ3n) is 3.18. The number of nitrogens with zero attached hydrogens (tertiary/aromatic N) is 4. The van der Waals surface area contributed by atoms with Crippen molar-refractivity contribution >= 4 is 27.8 Å². The third kappa shape index (κ3) is 4.30. The smallest absolute Gasteiger partial charge is 0.410 e. The van der Waals surface area contributed by atoms with Crippen molar-refractivity contribution in [2.24, 2.45) is 0 Å². The summed E-state index contributed by atoms with van der Waals surface area (Å²) in [7, 11) is 0. The van der Waals surface area contributed by atoms with Gasteiger partial charge in [-0.05, 0) is 43.6 Å². The average molecular weight is 357 g/mol. The fourth-order valence-electron chi connectivity index (χ4n) is 2.24. The van der Waals surface area contributed by atoms with Gasteiger partial charge in [-0.3, -0.25) is 0 Å². The van der Waals surface area contributed by atoms with Gasteiger partial charge in [-0.1, -0.05) is 0 Å². The van der Waals surface area contributed by atoms with Crippen LogP contribution < -0.4 is 4.90 Å². The van der Waals surface area contributed by atoms with E-state index in [2.05, 4.69) is 37.7 Å². The summed E-state index contributed by atoms with van der Waals surface area (Å²) in [5, 5.41) is 0. The number of anilines is 1. The van der Waals surface area contributed by atoms with Crippen molar-refractivity contribution in [1.29, 1.82) is 0 Å². The Morgan fingerprint density at radius 1 is 1.33 bits per heavy atom. The molecule has 1 saturated heterocycles. The molecule has 1 atom stereocenters. The maximum Gasteiger partial charge on any atom is 0.410 e. The summed E-state index contributed by atoms with van der Waals surface area (Å²) < 4.78 is 6.13. The SMILES string of the molecule is CC1CN(C(=O)OC(C)(C)C)CCN1c1cnc(Br)cn1. The molecule has 0 bridgehead atoms. The first-order chi connectivity index (χ1) is 9.76. The van der Waals surface area contributed by atoms with Crippen LogP contribution in [0.4, 0.5) is 10.6 Å². The third-order valence-corrected chi connectivity index (χ3v) is 3.59. The fraction of sp³-hybridized carbons (Fsp3) is 0.643. The summed E-state index contributed by atoms with van der Waals surface area (Å²) in [6.45, 7) is 9.66. The quantitative estimate of drug-likeness (QED) is 0.774. The highest BCUT2D eigenvalue weighted by atomic mass is 79.9. The van der Waals surface area contributed by atoms with Crippen LogP contribution in [0.15, 0.2) is 17.0 Å². The van der Waals surface area contributed by atoms with Gasteiger partial charge in [0.25, 0.3) is 0 Å². The monoisotopic (exact) mass is 356 g/mol. The zero-order valence-electron chi connectivity index (χ0n) is 12.8. The Hall–Kier alpha value is -1.37. The molecule has 0 aliphatic carbocycles. The highest BCUT2D eigenvalue weighted by Gasteiger charge is 2.30. The first-order valence-electron chi connectivity index (χ1n) is 6.98. The Morgan fingerprint density at radius 3 is 2.57 bits per heavy atom. The van der Waals surface area contributed by atoms with Gasteiger partial charge in [-0.15, -0.1) is 0 Å². The molecule has 0 saturated carbocycles. The molecule has 1 aromatic heterocycles. The summed E-state index contributed by atoms with van der Waals surface area (Å²) in [5.41, 5.74) is -0.464. The van der Waals surface area contributed by atoms with Crippen molar-refractivity contribution < 1.29 is 9.53 Å². The fourth-order valence-corrected chi connectivity index (χ4v) is 2.45. The normalized spacial score (nSPS) is 19.6. The number of rotatable bonds is 1. The van der Waals surface area contributed by atoms with Crippen molar-refractivity contribution in [3.05, 3.63) is 17.0 Å². The number of hydrogen-bond donors (Lipinski definition) is 0. The van der Waals surface area contributed by atoms with Crippen molar-refractivity contribution in [3.8, 4) is 0 Å². The van der Waals surface area contributed by atoms with Gasteiger partial charge in [0.15, 0.2) is 0 Å². The average Bonchev–Trinajstić information content (AvgIpc) is 2.38. The van der Waals surface area contributed by atoms with E-state index in [1.807, 2.05) is 20.8 Å². The second kappa shape index (κ2) is 6.17. The van der Waals surface area contributed by atoms with Gasteiger partial charge in [0, 0.05) is 25.7 Å². The molecule has 1 fully saturated rings. The molecule has 0 spiro atoms. The number of halogens is 1. The van der Waals surface area contributed by atoms with E-state index in [9.17, 15) is 4.79 Å². The molecule has 6 nitrogen and oxygen atoms in total. The van der Waals surface area contributed by atoms with Crippen LogP contribution in [-0.4, -0.2) is 52.2 Å². The molecule has 0 aromatic carbocycles. The van der Waals surface area contributed by atoms with Gasteiger partial charge in [0.1, 0.15) is 16.0 Å². The van der Waals surface area contributed by atoms with Gasteiger partial charge in [0.2, 0.25) is 0 Å². The molecule has 2 heterocycles. The lowest BCUT2D eigenvalue weighted by Gasteiger charge is -2.40. The second-order valence-electron chi connectivity index (χ2n) is 6.17. The van der Waals surface area contributed by atoms with E-state index in [1.54, 1.807) is 17.3 Å². The molecular formula is C14H21BrN4O2. The van der Waals surface area contributed by atoms with E-state index in [-0.39, 0.29) is 12.1 Å². The molecule has 1 aromatic rings. The zero-order valence-corrected chi connectivity index (χ0v) is 14.4. The number of carbonyl (C=O) groups is 1. The van der Waals surface area contributed by atoms with Gasteiger partial charge in [-0.25, -0.2) is 14.8 Å². The highest BCUT2D eigenvalue weighted by molar-refractivity contribution is 9.10. The Bertz CT molecular complexity index is 501. The van der Waals surface area contributed by atoms with Crippen LogP contribution >= 0.6 is 15.9 Å². The number of aromatic nitrogens is 2. The van der Waals surface area contributed by atoms with E-state index >= 15 is 0 Å². The maximum absolute atomic E-state index is 12.1. The van der Waals surface area contributed by atoms with Crippen LogP contribution in [0, 0.1) is 0 Å². The van der Waals surface area contributed by atoms with Crippen LogP contribution in [0.1, 0.15) is 27.7 Å². The molecule has 21 heavy (non-hydrogen) atoms. The molecule has 2 rings (SSSR count). The maximum atomic E-state index is 12.1. The van der Waals surface area contributed by atoms with Crippen LogP contribution in [-0.2, 0) is 4.74 Å². The lowest BCUT2D eigenvalue weighted by atomic mass is 10.2. The van der Waals surface area contributed by atoms with Crippen LogP contribution in [0.2, 0.25) is 0 Å². The summed E-state index contributed by atoms with van der Waals surface area (Å²) in [5.74, 6) is 0.828. The Morgan fingerprint density at radius 2 is 2.05 bits per heavy atom. The standard InChI is InChI=1S/C14H21BrN4O2/c1-10-9-18(13(20)21-14(2,3)4)5-6-19(10)12-8-16-11(15)7-17-12/h7-8,10H,5-6,9H2,1-4H3. The summed E-state index contributed by atoms with van der Waals surface area (Å²) in [6, 6.07) is 0.168. The Kier molecular flexibility index (Phi) is 4.70. The van der Waals surface area contributed by atoms with Gasteiger partial charge < -0.3 is 14.5 Å². The first kappa shape index (κ1) is 16.0. The predicted molar refractivity (Wildman–Crippen MR) is 84.3 cm³/mol. The van der Waals surface area contributed by atoms with Gasteiger partial charge in [0.05, 0.1) is 12.4 Å². The summed E-state index contributed by atoms with van der Waals surface area (Å²) in [4.78, 5) is 24.6. The van der Waals surface area contributed by atoms with Crippen molar-refractivity contribution in [3.63, 3.8) is 0 Å². The van der Waals surface area contributed by atoms with E-state index in [0.717, 1.165) is 12.4 Å². The van der Waals surface area contributed by atoms with Crippen molar-refractivity contribution in [2.75, 3.05) is 24.5 Å². The first-order valence-corrected chi connectivity index (χ1v) is 7.78. The Labute approximate surface area is 133 Å². The number of amides is 1. The van der Waals surface area contributed by atoms with Crippen molar-refractivity contribution in [1.82, 2.24) is 14.9 Å². The zero-order chi connectivity index (χ0) is 15.6. The molecule has 0 radical (unpaired) electrons. The molecule has 116 valence electrons. The largest absolute Gasteiger partial charge is 0.444 e. The van der Waals surface area contributed by atoms with E-state index in [1.165, 1.54) is 0 Å². The topological polar surface area (TPSA) is 58.6 Å². The minimum Gasteiger partial charge on any atom is -0.444 e. The van der Waals surface area contributed by atoms with Crippen LogP contribution in [0.25, 0.3) is 0 Å². The van der Waals surface area contributed by atoms with Crippen LogP contribution in [0.3, 0.4) is 0 Å². The lowest BCUT2D eigenvalue weighted by Crippen LogP contribution is -2.54. The molecule has 1 aliphatic rings. The van der Waals surface area contributed by atoms with Gasteiger partial charge in [-0.2, -0.15) is 0 Å². The minimum absolute atomic E-state index is 0.168. The van der Waals surface area contributed by atoms with E-state index < -0.39 is 5.60 Å². The Balaban J connectivity index is 1.99. The molecular weight excluding hydrogens is 336 g/mol. The van der Waals surface area contributed by atoms with Gasteiger partial charge >= 0.3 is 6.09 Å². The minimum atomic E-state index is -0.464. The number of ether oxygens (including phenoxy) is 1. The molecule has 1 aliphatic heterocycles. The summed E-state index contributed by atoms with van der Waals surface area (Å²) in [6.07, 6.45) is 3.17. The van der Waals surface area contributed by atoms with E-state index in [4.69, 9.17) is 4.74 Å².